The van der Waals surface area contributed by atoms with E-state index in [1.165, 1.54) is 17.3 Å². The normalized spacial score (nSPS) is 21.1. The number of ether oxygens (including phenoxy) is 1. The first-order chi connectivity index (χ1) is 15.7. The number of amides is 1. The van der Waals surface area contributed by atoms with Gasteiger partial charge in [-0.25, -0.2) is 4.99 Å². The molecule has 3 aromatic rings. The fourth-order valence-corrected chi connectivity index (χ4v) is 4.54. The molecule has 2 aliphatic heterocycles. The van der Waals surface area contributed by atoms with E-state index >= 15 is 0 Å². The minimum Gasteiger partial charge on any atom is -0.371 e. The Morgan fingerprint density at radius 1 is 0.938 bits per heavy atom. The summed E-state index contributed by atoms with van der Waals surface area (Å²) in [5.41, 5.74) is 5.23. The maximum absolute atomic E-state index is 12.4. The van der Waals surface area contributed by atoms with E-state index in [1.807, 2.05) is 60.7 Å². The molecule has 0 bridgehead atoms. The van der Waals surface area contributed by atoms with E-state index in [-0.39, 0.29) is 12.0 Å². The molecule has 32 heavy (non-hydrogen) atoms. The number of hydrogen-bond donors (Lipinski definition) is 2. The van der Waals surface area contributed by atoms with Gasteiger partial charge in [-0.05, 0) is 52.2 Å². The lowest BCUT2D eigenvalue weighted by atomic mass is 10.0. The van der Waals surface area contributed by atoms with Gasteiger partial charge in [0.2, 0.25) is 0 Å². The summed E-state index contributed by atoms with van der Waals surface area (Å²) in [5, 5.41) is 6.79. The molecule has 5 nitrogen and oxygen atoms in total. The van der Waals surface area contributed by atoms with Gasteiger partial charge in [-0.15, -0.1) is 0 Å². The maximum atomic E-state index is 12.4. The molecule has 0 aromatic heterocycles. The quantitative estimate of drug-likeness (QED) is 0.565. The van der Waals surface area contributed by atoms with Gasteiger partial charge >= 0.3 is 0 Å². The Labute approximate surface area is 191 Å². The minimum atomic E-state index is -0.126. The van der Waals surface area contributed by atoms with E-state index in [0.717, 1.165) is 42.1 Å². The summed E-state index contributed by atoms with van der Waals surface area (Å²) >= 11 is 1.36. The van der Waals surface area contributed by atoms with Crippen LogP contribution >= 0.6 is 11.8 Å². The van der Waals surface area contributed by atoms with Gasteiger partial charge in [-0.2, -0.15) is 0 Å². The third-order valence-electron chi connectivity index (χ3n) is 5.39. The molecule has 5 rings (SSSR count). The van der Waals surface area contributed by atoms with Crippen LogP contribution in [-0.4, -0.2) is 30.8 Å². The minimum absolute atomic E-state index is 0.0776. The summed E-state index contributed by atoms with van der Waals surface area (Å²) < 4.78 is 5.79. The Kier molecular flexibility index (Phi) is 6.16. The van der Waals surface area contributed by atoms with Crippen LogP contribution in [0.1, 0.15) is 17.2 Å². The number of morpholine rings is 1. The molecule has 0 radical (unpaired) electrons. The zero-order valence-electron chi connectivity index (χ0n) is 17.5. The van der Waals surface area contributed by atoms with Crippen molar-refractivity contribution in [3.63, 3.8) is 0 Å². The molecular weight excluding hydrogens is 418 g/mol. The Bertz CT molecular complexity index is 1150. The summed E-state index contributed by atoms with van der Waals surface area (Å²) in [6.07, 6.45) is 1.97. The highest BCUT2D eigenvalue weighted by molar-refractivity contribution is 8.18. The van der Waals surface area contributed by atoms with Crippen molar-refractivity contribution >= 4 is 34.6 Å². The van der Waals surface area contributed by atoms with Crippen LogP contribution in [0, 0.1) is 0 Å². The van der Waals surface area contributed by atoms with Crippen molar-refractivity contribution in [2.24, 2.45) is 4.99 Å². The number of amidine groups is 1. The SMILES string of the molecule is O=C1NC(=Nc2ccc(C3CNCCO3)cc2)SC1=Cc1ccc(-c2ccccc2)cc1. The molecule has 2 aliphatic rings. The first kappa shape index (κ1) is 20.7. The predicted molar refractivity (Wildman–Crippen MR) is 131 cm³/mol. The van der Waals surface area contributed by atoms with Crippen molar-refractivity contribution in [1.29, 1.82) is 0 Å². The Hall–Kier alpha value is -3.19. The molecular formula is C26H23N3O2S. The molecule has 160 valence electrons. The number of thioether (sulfide) groups is 1. The Balaban J connectivity index is 1.27. The van der Waals surface area contributed by atoms with Crippen molar-refractivity contribution in [2.75, 3.05) is 19.7 Å². The molecule has 0 saturated carbocycles. The summed E-state index contributed by atoms with van der Waals surface area (Å²) in [5.74, 6) is -0.126. The van der Waals surface area contributed by atoms with Crippen LogP contribution < -0.4 is 10.6 Å². The lowest BCUT2D eigenvalue weighted by Gasteiger charge is -2.23. The summed E-state index contributed by atoms with van der Waals surface area (Å²) in [4.78, 5) is 17.6. The van der Waals surface area contributed by atoms with Crippen molar-refractivity contribution in [2.45, 2.75) is 6.10 Å². The fourth-order valence-electron chi connectivity index (χ4n) is 3.69. The summed E-state index contributed by atoms with van der Waals surface area (Å²) in [6, 6.07) is 26.4. The first-order valence-corrected chi connectivity index (χ1v) is 11.4. The molecule has 6 heteroatoms. The number of nitrogens with zero attached hydrogens (tertiary/aromatic N) is 1. The Morgan fingerprint density at radius 3 is 2.41 bits per heavy atom. The average molecular weight is 442 g/mol. The van der Waals surface area contributed by atoms with E-state index in [2.05, 4.69) is 39.9 Å². The van der Waals surface area contributed by atoms with Crippen LogP contribution in [0.3, 0.4) is 0 Å². The molecule has 0 aliphatic carbocycles. The molecule has 1 atom stereocenters. The highest BCUT2D eigenvalue weighted by Gasteiger charge is 2.24. The van der Waals surface area contributed by atoms with E-state index in [1.54, 1.807) is 0 Å². The van der Waals surface area contributed by atoms with Gasteiger partial charge in [0.15, 0.2) is 5.17 Å². The smallest absolute Gasteiger partial charge is 0.264 e. The number of hydrogen-bond acceptors (Lipinski definition) is 5. The molecule has 1 unspecified atom stereocenters. The van der Waals surface area contributed by atoms with Gasteiger partial charge < -0.3 is 15.4 Å². The van der Waals surface area contributed by atoms with Gasteiger partial charge in [0.05, 0.1) is 23.3 Å². The molecule has 2 N–H and O–H groups in total. The van der Waals surface area contributed by atoms with Gasteiger partial charge in [-0.1, -0.05) is 66.7 Å². The van der Waals surface area contributed by atoms with Crippen molar-refractivity contribution in [3.05, 3.63) is 94.9 Å². The average Bonchev–Trinajstić information content (AvgIpc) is 3.19. The van der Waals surface area contributed by atoms with Crippen LogP contribution in [0.4, 0.5) is 5.69 Å². The van der Waals surface area contributed by atoms with Gasteiger partial charge in [0.25, 0.3) is 5.91 Å². The lowest BCUT2D eigenvalue weighted by molar-refractivity contribution is -0.115. The van der Waals surface area contributed by atoms with Crippen LogP contribution in [0.25, 0.3) is 17.2 Å². The highest BCUT2D eigenvalue weighted by atomic mass is 32.2. The number of aliphatic imine (C=N–C) groups is 1. The predicted octanol–water partition coefficient (Wildman–Crippen LogP) is 4.91. The van der Waals surface area contributed by atoms with Gasteiger partial charge in [0, 0.05) is 13.1 Å². The Morgan fingerprint density at radius 2 is 1.69 bits per heavy atom. The second kappa shape index (κ2) is 9.53. The second-order valence-corrected chi connectivity index (χ2v) is 8.66. The molecule has 2 saturated heterocycles. The molecule has 3 aromatic carbocycles. The molecule has 2 heterocycles. The topological polar surface area (TPSA) is 62.7 Å². The monoisotopic (exact) mass is 441 g/mol. The molecule has 1 amide bonds. The summed E-state index contributed by atoms with van der Waals surface area (Å²) in [7, 11) is 0. The van der Waals surface area contributed by atoms with Crippen molar-refractivity contribution < 1.29 is 9.53 Å². The molecule has 2 fully saturated rings. The van der Waals surface area contributed by atoms with Crippen LogP contribution in [0.15, 0.2) is 88.8 Å². The third kappa shape index (κ3) is 4.83. The van der Waals surface area contributed by atoms with Crippen LogP contribution in [0.5, 0.6) is 0 Å². The lowest BCUT2D eigenvalue weighted by Crippen LogP contribution is -2.33. The first-order valence-electron chi connectivity index (χ1n) is 10.6. The largest absolute Gasteiger partial charge is 0.371 e. The van der Waals surface area contributed by atoms with E-state index < -0.39 is 0 Å². The number of carbonyl (C=O) groups excluding carboxylic acids is 1. The van der Waals surface area contributed by atoms with Crippen LogP contribution in [-0.2, 0) is 9.53 Å². The number of rotatable bonds is 4. The maximum Gasteiger partial charge on any atom is 0.264 e. The van der Waals surface area contributed by atoms with E-state index in [4.69, 9.17) is 4.74 Å². The standard InChI is InChI=1S/C26H23N3O2S/c30-25-24(16-18-6-8-20(9-7-18)19-4-2-1-3-5-19)32-26(29-25)28-22-12-10-21(11-13-22)23-17-27-14-15-31-23/h1-13,16,23,27H,14-15,17H2,(H,28,29,30). The highest BCUT2D eigenvalue weighted by Crippen LogP contribution is 2.29. The van der Waals surface area contributed by atoms with Crippen molar-refractivity contribution in [1.82, 2.24) is 10.6 Å². The van der Waals surface area contributed by atoms with Gasteiger partial charge in [0.1, 0.15) is 0 Å². The fraction of sp³-hybridized carbons (Fsp3) is 0.154. The number of carbonyl (C=O) groups is 1. The zero-order valence-corrected chi connectivity index (χ0v) is 18.3. The zero-order chi connectivity index (χ0) is 21.8. The number of benzene rings is 3. The number of nitrogens with one attached hydrogen (secondary N) is 2. The van der Waals surface area contributed by atoms with E-state index in [9.17, 15) is 4.79 Å². The second-order valence-electron chi connectivity index (χ2n) is 7.62. The summed E-state index contributed by atoms with van der Waals surface area (Å²) in [6.45, 7) is 2.44. The van der Waals surface area contributed by atoms with Crippen molar-refractivity contribution in [3.8, 4) is 11.1 Å². The van der Waals surface area contributed by atoms with Crippen LogP contribution in [0.2, 0.25) is 0 Å². The van der Waals surface area contributed by atoms with E-state index in [0.29, 0.717) is 10.1 Å². The third-order valence-corrected chi connectivity index (χ3v) is 6.30. The van der Waals surface area contributed by atoms with Gasteiger partial charge in [-0.3, -0.25) is 4.79 Å². The molecule has 0 spiro atoms.